The van der Waals surface area contributed by atoms with Crippen LogP contribution in [0.3, 0.4) is 0 Å². The smallest absolute Gasteiger partial charge is 0.424 e. The molecule has 0 amide bonds. The molecule has 12 heteroatoms. The van der Waals surface area contributed by atoms with E-state index in [1.54, 1.807) is 0 Å². The minimum Gasteiger partial charge on any atom is -0.477 e. The van der Waals surface area contributed by atoms with E-state index in [-0.39, 0.29) is 11.1 Å². The molecule has 2 rings (SSSR count). The Morgan fingerprint density at radius 3 is 2.46 bits per heavy atom. The topological polar surface area (TPSA) is 64.3 Å². The molecule has 0 saturated heterocycles. The van der Waals surface area contributed by atoms with Gasteiger partial charge in [-0.1, -0.05) is 0 Å². The third-order valence-electron chi connectivity index (χ3n) is 3.54. The van der Waals surface area contributed by atoms with Crippen molar-refractivity contribution in [3.8, 4) is 5.88 Å². The molecule has 1 aliphatic carbocycles. The molecule has 1 fully saturated rings. The van der Waals surface area contributed by atoms with E-state index in [9.17, 15) is 35.5 Å². The Morgan fingerprint density at radius 2 is 2.04 bits per heavy atom. The number of hydrogen-bond donors (Lipinski definition) is 1. The summed E-state index contributed by atoms with van der Waals surface area (Å²) in [6.07, 6.45) is -6.53. The summed E-state index contributed by atoms with van der Waals surface area (Å²) in [6, 6.07) is 0. The van der Waals surface area contributed by atoms with E-state index in [0.29, 0.717) is 0 Å². The molecule has 0 bridgehead atoms. The lowest BCUT2D eigenvalue weighted by atomic mass is 10.1. The van der Waals surface area contributed by atoms with Crippen molar-refractivity contribution < 1.29 is 45.4 Å². The zero-order valence-corrected chi connectivity index (χ0v) is 11.8. The van der Waals surface area contributed by atoms with Crippen LogP contribution in [0.2, 0.25) is 0 Å². The third-order valence-corrected chi connectivity index (χ3v) is 3.54. The Balaban J connectivity index is 2.43. The first kappa shape index (κ1) is 18.3. The SMILES string of the molecule is O=C(O)c1c(C(F)(F)F)c(OC(F)F)nn1CC1CCC(F)(F)C1. The molecule has 1 aliphatic rings. The Morgan fingerprint density at radius 1 is 1.42 bits per heavy atom. The number of carboxylic acids is 1. The first-order valence-electron chi connectivity index (χ1n) is 6.64. The van der Waals surface area contributed by atoms with E-state index in [2.05, 4.69) is 9.84 Å². The van der Waals surface area contributed by atoms with Crippen LogP contribution >= 0.6 is 0 Å². The van der Waals surface area contributed by atoms with Gasteiger partial charge in [-0.25, -0.2) is 13.6 Å². The predicted octanol–water partition coefficient (Wildman–Crippen LogP) is 3.64. The standard InChI is InChI=1S/C12H11F7N2O3/c13-10(14)24-8-6(12(17,18)19)7(9(22)23)21(20-8)4-5-1-2-11(15,16)3-5/h5,10H,1-4H2,(H,22,23). The fourth-order valence-electron chi connectivity index (χ4n) is 2.65. The van der Waals surface area contributed by atoms with E-state index in [0.717, 1.165) is 0 Å². The molecule has 1 heterocycles. The van der Waals surface area contributed by atoms with Crippen LogP contribution < -0.4 is 4.74 Å². The number of ether oxygens (including phenoxy) is 1. The zero-order chi connectivity index (χ0) is 18.3. The second kappa shape index (κ2) is 6.13. The normalized spacial score (nSPS) is 20.6. The van der Waals surface area contributed by atoms with Gasteiger partial charge in [0.05, 0.1) is 0 Å². The number of carboxylic acid groups (broad SMARTS) is 1. The molecule has 5 nitrogen and oxygen atoms in total. The number of aromatic carboxylic acids is 1. The van der Waals surface area contributed by atoms with Crippen molar-refractivity contribution in [2.45, 2.75) is 44.5 Å². The molecule has 1 saturated carbocycles. The van der Waals surface area contributed by atoms with Gasteiger partial charge in [0.2, 0.25) is 5.92 Å². The largest absolute Gasteiger partial charge is 0.477 e. The molecule has 0 spiro atoms. The summed E-state index contributed by atoms with van der Waals surface area (Å²) in [5, 5.41) is 12.1. The lowest BCUT2D eigenvalue weighted by molar-refractivity contribution is -0.142. The summed E-state index contributed by atoms with van der Waals surface area (Å²) < 4.78 is 93.8. The minimum absolute atomic E-state index is 0.0572. The summed E-state index contributed by atoms with van der Waals surface area (Å²) in [5.41, 5.74) is -3.39. The van der Waals surface area contributed by atoms with Crippen molar-refractivity contribution in [1.82, 2.24) is 9.78 Å². The van der Waals surface area contributed by atoms with Crippen molar-refractivity contribution in [3.63, 3.8) is 0 Å². The summed E-state index contributed by atoms with van der Waals surface area (Å²) >= 11 is 0. The second-order valence-corrected chi connectivity index (χ2v) is 5.36. The van der Waals surface area contributed by atoms with Crippen molar-refractivity contribution >= 4 is 5.97 Å². The Kier molecular flexibility index (Phi) is 4.68. The van der Waals surface area contributed by atoms with Gasteiger partial charge in [0.1, 0.15) is 0 Å². The lowest BCUT2D eigenvalue weighted by Crippen LogP contribution is -2.20. The molecule has 1 unspecified atom stereocenters. The molecule has 0 aliphatic heterocycles. The van der Waals surface area contributed by atoms with Crippen molar-refractivity contribution in [2.24, 2.45) is 5.92 Å². The number of halogens is 7. The molecule has 1 N–H and O–H groups in total. The van der Waals surface area contributed by atoms with Crippen LogP contribution in [0.25, 0.3) is 0 Å². The summed E-state index contributed by atoms with van der Waals surface area (Å²) in [4.78, 5) is 11.1. The van der Waals surface area contributed by atoms with Crippen LogP contribution in [0.5, 0.6) is 5.88 Å². The van der Waals surface area contributed by atoms with Crippen molar-refractivity contribution in [3.05, 3.63) is 11.3 Å². The number of rotatable bonds is 5. The molecule has 0 radical (unpaired) electrons. The summed E-state index contributed by atoms with van der Waals surface area (Å²) in [6.45, 7) is -4.24. The van der Waals surface area contributed by atoms with Crippen LogP contribution in [-0.4, -0.2) is 33.4 Å². The van der Waals surface area contributed by atoms with Crippen LogP contribution in [0.1, 0.15) is 35.3 Å². The van der Waals surface area contributed by atoms with Crippen molar-refractivity contribution in [2.75, 3.05) is 0 Å². The lowest BCUT2D eigenvalue weighted by Gasteiger charge is -2.12. The first-order chi connectivity index (χ1) is 10.9. The maximum atomic E-state index is 13.2. The fourth-order valence-corrected chi connectivity index (χ4v) is 2.65. The molecule has 24 heavy (non-hydrogen) atoms. The number of carbonyl (C=O) groups is 1. The van der Waals surface area contributed by atoms with Crippen LogP contribution in [0.4, 0.5) is 30.7 Å². The Hall–Kier alpha value is -2.01. The molecular weight excluding hydrogens is 353 g/mol. The van der Waals surface area contributed by atoms with Crippen LogP contribution in [0, 0.1) is 5.92 Å². The maximum absolute atomic E-state index is 13.2. The quantitative estimate of drug-likeness (QED) is 0.811. The van der Waals surface area contributed by atoms with Gasteiger partial charge in [-0.15, -0.1) is 5.10 Å². The molecule has 1 aromatic heterocycles. The highest BCUT2D eigenvalue weighted by Crippen LogP contribution is 2.42. The van der Waals surface area contributed by atoms with Gasteiger partial charge < -0.3 is 9.84 Å². The average molecular weight is 364 g/mol. The van der Waals surface area contributed by atoms with Gasteiger partial charge in [0, 0.05) is 19.4 Å². The third kappa shape index (κ3) is 3.90. The molecular formula is C12H11F7N2O3. The second-order valence-electron chi connectivity index (χ2n) is 5.36. The monoisotopic (exact) mass is 364 g/mol. The van der Waals surface area contributed by atoms with Gasteiger partial charge in [-0.05, 0) is 12.3 Å². The molecule has 0 aromatic carbocycles. The van der Waals surface area contributed by atoms with E-state index >= 15 is 0 Å². The number of hydrogen-bond acceptors (Lipinski definition) is 3. The summed E-state index contributed by atoms with van der Waals surface area (Å²) in [7, 11) is 0. The van der Waals surface area contributed by atoms with E-state index < -0.39 is 67.1 Å². The maximum Gasteiger partial charge on any atom is 0.424 e. The fraction of sp³-hybridized carbons (Fsp3) is 0.667. The van der Waals surface area contributed by atoms with Gasteiger partial charge in [-0.2, -0.15) is 22.0 Å². The zero-order valence-electron chi connectivity index (χ0n) is 11.8. The first-order valence-corrected chi connectivity index (χ1v) is 6.64. The van der Waals surface area contributed by atoms with Crippen molar-refractivity contribution in [1.29, 1.82) is 0 Å². The van der Waals surface area contributed by atoms with E-state index in [4.69, 9.17) is 5.11 Å². The Labute approximate surface area is 130 Å². The minimum atomic E-state index is -5.32. The highest BCUT2D eigenvalue weighted by atomic mass is 19.4. The van der Waals surface area contributed by atoms with Crippen LogP contribution in [0.15, 0.2) is 0 Å². The number of nitrogens with zero attached hydrogens (tertiary/aromatic N) is 2. The van der Waals surface area contributed by atoms with Gasteiger partial charge in [-0.3, -0.25) is 4.68 Å². The predicted molar refractivity (Wildman–Crippen MR) is 63.1 cm³/mol. The molecule has 1 atom stereocenters. The van der Waals surface area contributed by atoms with Gasteiger partial charge in [0.15, 0.2) is 11.3 Å². The van der Waals surface area contributed by atoms with E-state index in [1.807, 2.05) is 0 Å². The van der Waals surface area contributed by atoms with Gasteiger partial charge in [0.25, 0.3) is 5.88 Å². The molecule has 136 valence electrons. The number of aromatic nitrogens is 2. The van der Waals surface area contributed by atoms with Crippen LogP contribution in [-0.2, 0) is 12.7 Å². The average Bonchev–Trinajstić information content (AvgIpc) is 2.88. The summed E-state index contributed by atoms with van der Waals surface area (Å²) in [5.74, 6) is -7.52. The number of alkyl halides is 7. The van der Waals surface area contributed by atoms with E-state index in [1.165, 1.54) is 0 Å². The van der Waals surface area contributed by atoms with Gasteiger partial charge >= 0.3 is 18.8 Å². The highest BCUT2D eigenvalue weighted by molar-refractivity contribution is 5.88. The molecule has 1 aromatic rings. The highest BCUT2D eigenvalue weighted by Gasteiger charge is 2.45. The Bertz CT molecular complexity index is 627.